The van der Waals surface area contributed by atoms with E-state index in [1.54, 1.807) is 0 Å². The predicted molar refractivity (Wildman–Crippen MR) is 124 cm³/mol. The van der Waals surface area contributed by atoms with Crippen LogP contribution in [0, 0.1) is 12.8 Å². The van der Waals surface area contributed by atoms with E-state index >= 15 is 0 Å². The van der Waals surface area contributed by atoms with Crippen LogP contribution in [-0.4, -0.2) is 94.0 Å². The number of morpholine rings is 2. The molecule has 0 saturated carbocycles. The van der Waals surface area contributed by atoms with E-state index < -0.39 is 0 Å². The van der Waals surface area contributed by atoms with Gasteiger partial charge in [0, 0.05) is 45.8 Å². The van der Waals surface area contributed by atoms with Gasteiger partial charge in [-0.3, -0.25) is 14.8 Å². The number of hydrogen-bond acceptors (Lipinski definition) is 6. The minimum absolute atomic E-state index is 0.112. The molecule has 31 heavy (non-hydrogen) atoms. The van der Waals surface area contributed by atoms with Gasteiger partial charge < -0.3 is 24.5 Å². The van der Waals surface area contributed by atoms with Crippen LogP contribution in [0.1, 0.15) is 38.3 Å². The minimum Gasteiger partial charge on any atom is -0.465 e. The molecule has 2 aliphatic rings. The molecule has 1 aromatic heterocycles. The number of aryl methyl sites for hydroxylation is 1. The normalized spacial score (nSPS) is 22.6. The Bertz CT molecular complexity index is 672. The van der Waals surface area contributed by atoms with Crippen LogP contribution in [0.4, 0.5) is 0 Å². The van der Waals surface area contributed by atoms with E-state index in [0.29, 0.717) is 12.5 Å². The summed E-state index contributed by atoms with van der Waals surface area (Å²) in [5, 5.41) is 6.87. The molecule has 0 amide bonds. The van der Waals surface area contributed by atoms with Crippen molar-refractivity contribution in [3.05, 3.63) is 23.7 Å². The monoisotopic (exact) mass is 435 g/mol. The fourth-order valence-electron chi connectivity index (χ4n) is 4.22. The summed E-state index contributed by atoms with van der Waals surface area (Å²) in [5.74, 6) is 3.41. The van der Waals surface area contributed by atoms with Gasteiger partial charge in [-0.05, 0) is 31.9 Å². The lowest BCUT2D eigenvalue weighted by Gasteiger charge is -2.34. The quantitative estimate of drug-likeness (QED) is 0.453. The van der Waals surface area contributed by atoms with Crippen molar-refractivity contribution < 1.29 is 13.9 Å². The predicted octanol–water partition coefficient (Wildman–Crippen LogP) is 1.87. The summed E-state index contributed by atoms with van der Waals surface area (Å²) in [6, 6.07) is 4.21. The van der Waals surface area contributed by atoms with Gasteiger partial charge in [0.1, 0.15) is 11.5 Å². The number of rotatable bonds is 9. The number of guanidine groups is 1. The topological polar surface area (TPSA) is 74.5 Å². The molecule has 2 atom stereocenters. The molecule has 0 aliphatic carbocycles. The van der Waals surface area contributed by atoms with E-state index in [1.807, 2.05) is 13.0 Å². The summed E-state index contributed by atoms with van der Waals surface area (Å²) in [7, 11) is 0. The second-order valence-corrected chi connectivity index (χ2v) is 8.86. The number of aliphatic imine (C=N–C) groups is 1. The zero-order valence-electron chi connectivity index (χ0n) is 19.7. The Labute approximate surface area is 187 Å². The Kier molecular flexibility index (Phi) is 9.64. The van der Waals surface area contributed by atoms with E-state index in [0.717, 1.165) is 83.1 Å². The standard InChI is InChI=1S/C23H41N5O3/c1-5-24-23(25-14-20-17-27(8-13-30-20)16-18(2)3)26-15-21(22-7-6-19(4)31-22)28-9-11-29-12-10-28/h6-7,18,20-21H,5,8-17H2,1-4H3,(H2,24,25,26). The summed E-state index contributed by atoms with van der Waals surface area (Å²) in [6.45, 7) is 18.0. The largest absolute Gasteiger partial charge is 0.465 e. The maximum absolute atomic E-state index is 5.99. The molecule has 0 bridgehead atoms. The molecule has 2 fully saturated rings. The van der Waals surface area contributed by atoms with E-state index in [9.17, 15) is 0 Å². The molecule has 2 N–H and O–H groups in total. The molecule has 0 spiro atoms. The van der Waals surface area contributed by atoms with Crippen molar-refractivity contribution in [3.8, 4) is 0 Å². The van der Waals surface area contributed by atoms with Gasteiger partial charge in [0.05, 0.1) is 38.5 Å². The molecule has 3 rings (SSSR count). The Morgan fingerprint density at radius 1 is 1.16 bits per heavy atom. The second-order valence-electron chi connectivity index (χ2n) is 8.86. The van der Waals surface area contributed by atoms with Gasteiger partial charge in [0.25, 0.3) is 0 Å². The second kappa shape index (κ2) is 12.4. The first kappa shape index (κ1) is 24.0. The highest BCUT2D eigenvalue weighted by Crippen LogP contribution is 2.24. The average molecular weight is 436 g/mol. The fourth-order valence-corrected chi connectivity index (χ4v) is 4.22. The molecular formula is C23H41N5O3. The molecule has 0 aromatic carbocycles. The Morgan fingerprint density at radius 3 is 2.65 bits per heavy atom. The molecule has 0 radical (unpaired) electrons. The van der Waals surface area contributed by atoms with Gasteiger partial charge in [0.15, 0.2) is 5.96 Å². The maximum Gasteiger partial charge on any atom is 0.191 e. The van der Waals surface area contributed by atoms with Crippen molar-refractivity contribution in [2.75, 3.05) is 72.2 Å². The smallest absolute Gasteiger partial charge is 0.191 e. The Hall–Kier alpha value is -1.61. The van der Waals surface area contributed by atoms with Crippen molar-refractivity contribution in [3.63, 3.8) is 0 Å². The van der Waals surface area contributed by atoms with Crippen molar-refractivity contribution in [2.24, 2.45) is 10.9 Å². The van der Waals surface area contributed by atoms with Gasteiger partial charge in [-0.2, -0.15) is 0 Å². The van der Waals surface area contributed by atoms with Crippen LogP contribution in [0.3, 0.4) is 0 Å². The highest BCUT2D eigenvalue weighted by molar-refractivity contribution is 5.79. The SMILES string of the molecule is CCNC(=NCC(c1ccc(C)o1)N1CCOCC1)NCC1CN(CC(C)C)CCO1. The van der Waals surface area contributed by atoms with E-state index in [2.05, 4.69) is 47.3 Å². The van der Waals surface area contributed by atoms with Crippen molar-refractivity contribution in [1.82, 2.24) is 20.4 Å². The van der Waals surface area contributed by atoms with Gasteiger partial charge in [0.2, 0.25) is 0 Å². The van der Waals surface area contributed by atoms with Gasteiger partial charge >= 0.3 is 0 Å². The molecule has 8 nitrogen and oxygen atoms in total. The molecule has 1 aromatic rings. The van der Waals surface area contributed by atoms with Crippen LogP contribution in [0.15, 0.2) is 21.5 Å². The average Bonchev–Trinajstić information content (AvgIpc) is 3.18. The summed E-state index contributed by atoms with van der Waals surface area (Å²) < 4.78 is 17.5. The van der Waals surface area contributed by atoms with Crippen molar-refractivity contribution in [1.29, 1.82) is 0 Å². The number of hydrogen-bond donors (Lipinski definition) is 2. The van der Waals surface area contributed by atoms with Crippen molar-refractivity contribution >= 4 is 5.96 Å². The third-order valence-corrected chi connectivity index (χ3v) is 5.69. The molecule has 2 aliphatic heterocycles. The van der Waals surface area contributed by atoms with Gasteiger partial charge in [-0.1, -0.05) is 13.8 Å². The first-order valence-corrected chi connectivity index (χ1v) is 11.8. The van der Waals surface area contributed by atoms with E-state index in [-0.39, 0.29) is 12.1 Å². The van der Waals surface area contributed by atoms with Crippen LogP contribution in [0.25, 0.3) is 0 Å². The third kappa shape index (κ3) is 7.79. The lowest BCUT2D eigenvalue weighted by atomic mass is 10.1. The fraction of sp³-hybridized carbons (Fsp3) is 0.783. The number of nitrogens with zero attached hydrogens (tertiary/aromatic N) is 3. The van der Waals surface area contributed by atoms with Crippen LogP contribution >= 0.6 is 0 Å². The Morgan fingerprint density at radius 2 is 1.97 bits per heavy atom. The lowest BCUT2D eigenvalue weighted by Crippen LogP contribution is -2.50. The maximum atomic E-state index is 5.99. The summed E-state index contributed by atoms with van der Waals surface area (Å²) in [6.07, 6.45) is 0.180. The lowest BCUT2D eigenvalue weighted by molar-refractivity contribution is -0.0284. The molecule has 2 unspecified atom stereocenters. The molecule has 176 valence electrons. The zero-order valence-corrected chi connectivity index (χ0v) is 19.7. The summed E-state index contributed by atoms with van der Waals surface area (Å²) in [5.41, 5.74) is 0. The third-order valence-electron chi connectivity index (χ3n) is 5.69. The highest BCUT2D eigenvalue weighted by atomic mass is 16.5. The van der Waals surface area contributed by atoms with Crippen LogP contribution < -0.4 is 10.6 Å². The van der Waals surface area contributed by atoms with Gasteiger partial charge in [-0.25, -0.2) is 0 Å². The van der Waals surface area contributed by atoms with Crippen LogP contribution in [-0.2, 0) is 9.47 Å². The first-order chi connectivity index (χ1) is 15.0. The Balaban J connectivity index is 1.59. The van der Waals surface area contributed by atoms with E-state index in [4.69, 9.17) is 18.9 Å². The molecule has 8 heteroatoms. The zero-order chi connectivity index (χ0) is 22.1. The summed E-state index contributed by atoms with van der Waals surface area (Å²) >= 11 is 0. The molecule has 2 saturated heterocycles. The van der Waals surface area contributed by atoms with E-state index in [1.165, 1.54) is 0 Å². The first-order valence-electron chi connectivity index (χ1n) is 11.8. The van der Waals surface area contributed by atoms with Crippen LogP contribution in [0.2, 0.25) is 0 Å². The number of furan rings is 1. The van der Waals surface area contributed by atoms with Gasteiger partial charge in [-0.15, -0.1) is 0 Å². The highest BCUT2D eigenvalue weighted by Gasteiger charge is 2.25. The number of ether oxygens (including phenoxy) is 2. The minimum atomic E-state index is 0.112. The molecular weight excluding hydrogens is 394 g/mol. The van der Waals surface area contributed by atoms with Crippen LogP contribution in [0.5, 0.6) is 0 Å². The molecule has 3 heterocycles. The van der Waals surface area contributed by atoms with Crippen molar-refractivity contribution in [2.45, 2.75) is 39.8 Å². The summed E-state index contributed by atoms with van der Waals surface area (Å²) in [4.78, 5) is 9.81. The number of nitrogens with one attached hydrogen (secondary N) is 2.